The maximum absolute atomic E-state index is 4.30. The Morgan fingerprint density at radius 3 is 2.93 bits per heavy atom. The molecule has 0 saturated heterocycles. The van der Waals surface area contributed by atoms with Gasteiger partial charge in [-0.25, -0.2) is 9.98 Å². The summed E-state index contributed by atoms with van der Waals surface area (Å²) in [4.78, 5) is 11.5. The summed E-state index contributed by atoms with van der Waals surface area (Å²) in [6.45, 7) is 3.87. The van der Waals surface area contributed by atoms with Crippen LogP contribution in [0.2, 0.25) is 0 Å². The van der Waals surface area contributed by atoms with Crippen molar-refractivity contribution in [3.8, 4) is 0 Å². The van der Waals surface area contributed by atoms with Crippen molar-refractivity contribution < 1.29 is 0 Å². The molecule has 2 heterocycles. The van der Waals surface area contributed by atoms with E-state index in [1.807, 2.05) is 32.3 Å². The lowest BCUT2D eigenvalue weighted by molar-refractivity contribution is 0.768. The highest BCUT2D eigenvalue weighted by Gasteiger charge is 2.09. The lowest BCUT2D eigenvalue weighted by Gasteiger charge is -2.17. The molecule has 0 spiro atoms. The third-order valence-corrected chi connectivity index (χ3v) is 1.86. The first-order chi connectivity index (χ1) is 6.74. The van der Waals surface area contributed by atoms with E-state index in [9.17, 15) is 0 Å². The van der Waals surface area contributed by atoms with Gasteiger partial charge in [0.15, 0.2) is 0 Å². The minimum atomic E-state index is -0.0160. The van der Waals surface area contributed by atoms with Crippen LogP contribution >= 0.6 is 0 Å². The van der Waals surface area contributed by atoms with Gasteiger partial charge in [-0.3, -0.25) is 0 Å². The Kier molecular flexibility index (Phi) is 2.22. The number of nitrogens with zero attached hydrogens (tertiary/aromatic N) is 2. The molecule has 1 atom stereocenters. The number of H-pyrrole nitrogens is 1. The van der Waals surface area contributed by atoms with Crippen LogP contribution in [0, 0.1) is 0 Å². The van der Waals surface area contributed by atoms with Crippen LogP contribution in [0.4, 0.5) is 5.69 Å². The van der Waals surface area contributed by atoms with Gasteiger partial charge in [-0.1, -0.05) is 0 Å². The van der Waals surface area contributed by atoms with Crippen molar-refractivity contribution in [1.29, 1.82) is 0 Å². The minimum absolute atomic E-state index is 0.0160. The molecule has 0 amide bonds. The number of hydrogen-bond donors (Lipinski definition) is 3. The Balaban J connectivity index is 2.06. The average molecular weight is 191 g/mol. The Morgan fingerprint density at radius 2 is 2.29 bits per heavy atom. The van der Waals surface area contributed by atoms with Gasteiger partial charge in [0, 0.05) is 12.4 Å². The van der Waals surface area contributed by atoms with Crippen LogP contribution in [0.5, 0.6) is 0 Å². The summed E-state index contributed by atoms with van der Waals surface area (Å²) in [6.07, 6.45) is 3.71. The molecule has 1 aromatic heterocycles. The molecule has 5 heteroatoms. The zero-order valence-electron chi connectivity index (χ0n) is 8.20. The van der Waals surface area contributed by atoms with Gasteiger partial charge >= 0.3 is 0 Å². The fraction of sp³-hybridized carbons (Fsp3) is 0.333. The molecule has 1 aliphatic heterocycles. The number of aromatic amines is 1. The third-order valence-electron chi connectivity index (χ3n) is 1.86. The van der Waals surface area contributed by atoms with Crippen LogP contribution in [-0.4, -0.2) is 22.9 Å². The second-order valence-corrected chi connectivity index (χ2v) is 3.17. The van der Waals surface area contributed by atoms with Crippen molar-refractivity contribution in [2.75, 3.05) is 5.32 Å². The fourth-order valence-electron chi connectivity index (χ4n) is 1.33. The summed E-state index contributed by atoms with van der Waals surface area (Å²) in [6, 6.07) is 1.94. The standard InChI is InChI=1S/C9H13N5/c1-6-11-7(2)13-9(12-6)14-8-3-4-10-5-8/h3-6,10H,1-2H3,(H2,11,12,13,14). The van der Waals surface area contributed by atoms with E-state index in [0.29, 0.717) is 0 Å². The largest absolute Gasteiger partial charge is 0.366 e. The smallest absolute Gasteiger partial charge is 0.203 e. The highest BCUT2D eigenvalue weighted by atomic mass is 15.3. The first kappa shape index (κ1) is 8.80. The minimum Gasteiger partial charge on any atom is -0.366 e. The van der Waals surface area contributed by atoms with E-state index in [1.165, 1.54) is 0 Å². The number of aliphatic imine (C=N–C) groups is 2. The molecule has 74 valence electrons. The summed E-state index contributed by atoms with van der Waals surface area (Å²) < 4.78 is 0. The van der Waals surface area contributed by atoms with Gasteiger partial charge in [0.05, 0.1) is 5.69 Å². The predicted molar refractivity (Wildman–Crippen MR) is 57.6 cm³/mol. The Labute approximate surface area is 82.3 Å². The first-order valence-corrected chi connectivity index (χ1v) is 4.53. The lowest BCUT2D eigenvalue weighted by atomic mass is 10.5. The number of rotatable bonds is 1. The topological polar surface area (TPSA) is 64.6 Å². The molecule has 3 N–H and O–H groups in total. The summed E-state index contributed by atoms with van der Waals surface area (Å²) in [5, 5.41) is 6.21. The van der Waals surface area contributed by atoms with Crippen LogP contribution in [0.15, 0.2) is 28.4 Å². The van der Waals surface area contributed by atoms with Crippen LogP contribution in [0.3, 0.4) is 0 Å². The summed E-state index contributed by atoms with van der Waals surface area (Å²) >= 11 is 0. The molecule has 5 nitrogen and oxygen atoms in total. The number of guanidine groups is 1. The fourth-order valence-corrected chi connectivity index (χ4v) is 1.33. The van der Waals surface area contributed by atoms with E-state index in [2.05, 4.69) is 25.6 Å². The zero-order valence-corrected chi connectivity index (χ0v) is 8.20. The number of hydrogen-bond acceptors (Lipinski definition) is 4. The molecule has 1 aromatic rings. The molecule has 0 bridgehead atoms. The summed E-state index contributed by atoms with van der Waals surface area (Å²) in [5.74, 6) is 1.62. The van der Waals surface area contributed by atoms with Gasteiger partial charge in [-0.2, -0.15) is 0 Å². The van der Waals surface area contributed by atoms with E-state index >= 15 is 0 Å². The maximum Gasteiger partial charge on any atom is 0.203 e. The van der Waals surface area contributed by atoms with Crippen LogP contribution in [0.25, 0.3) is 0 Å². The van der Waals surface area contributed by atoms with E-state index in [0.717, 1.165) is 17.5 Å². The molecule has 0 aromatic carbocycles. The normalized spacial score (nSPS) is 20.9. The number of nitrogens with one attached hydrogen (secondary N) is 3. The Morgan fingerprint density at radius 1 is 1.43 bits per heavy atom. The second-order valence-electron chi connectivity index (χ2n) is 3.17. The highest BCUT2D eigenvalue weighted by Crippen LogP contribution is 2.05. The van der Waals surface area contributed by atoms with E-state index in [4.69, 9.17) is 0 Å². The number of amidine groups is 1. The van der Waals surface area contributed by atoms with Crippen molar-refractivity contribution in [2.45, 2.75) is 20.0 Å². The van der Waals surface area contributed by atoms with Gasteiger partial charge in [-0.05, 0) is 19.9 Å². The molecule has 0 aliphatic carbocycles. The molecule has 0 radical (unpaired) electrons. The summed E-state index contributed by atoms with van der Waals surface area (Å²) in [7, 11) is 0. The number of anilines is 1. The van der Waals surface area contributed by atoms with Gasteiger partial charge in [0.1, 0.15) is 12.0 Å². The first-order valence-electron chi connectivity index (χ1n) is 4.53. The molecule has 0 fully saturated rings. The monoisotopic (exact) mass is 191 g/mol. The summed E-state index contributed by atoms with van der Waals surface area (Å²) in [5.41, 5.74) is 0.984. The molecule has 0 saturated carbocycles. The molecule has 14 heavy (non-hydrogen) atoms. The average Bonchev–Trinajstić information content (AvgIpc) is 2.54. The third kappa shape index (κ3) is 1.93. The Hall–Kier alpha value is -1.78. The number of aromatic nitrogens is 1. The second kappa shape index (κ2) is 3.53. The van der Waals surface area contributed by atoms with Crippen LogP contribution in [0.1, 0.15) is 13.8 Å². The van der Waals surface area contributed by atoms with Crippen molar-refractivity contribution in [1.82, 2.24) is 10.3 Å². The highest BCUT2D eigenvalue weighted by molar-refractivity contribution is 6.06. The van der Waals surface area contributed by atoms with Crippen LogP contribution < -0.4 is 10.6 Å². The SMILES string of the molecule is CC1=NC(C)N=C(Nc2cc[nH]c2)N1. The lowest BCUT2D eigenvalue weighted by Crippen LogP contribution is -2.38. The van der Waals surface area contributed by atoms with Gasteiger partial charge in [0.2, 0.25) is 5.96 Å². The molecule has 1 unspecified atom stereocenters. The van der Waals surface area contributed by atoms with Crippen molar-refractivity contribution in [2.24, 2.45) is 9.98 Å². The van der Waals surface area contributed by atoms with Gasteiger partial charge < -0.3 is 15.6 Å². The van der Waals surface area contributed by atoms with E-state index in [1.54, 1.807) is 0 Å². The quantitative estimate of drug-likeness (QED) is 0.623. The maximum atomic E-state index is 4.30. The zero-order chi connectivity index (χ0) is 9.97. The van der Waals surface area contributed by atoms with Gasteiger partial charge in [0.25, 0.3) is 0 Å². The van der Waals surface area contributed by atoms with Crippen LogP contribution in [-0.2, 0) is 0 Å². The molecular weight excluding hydrogens is 178 g/mol. The van der Waals surface area contributed by atoms with E-state index in [-0.39, 0.29) is 6.17 Å². The predicted octanol–water partition coefficient (Wildman–Crippen LogP) is 1.15. The van der Waals surface area contributed by atoms with Crippen molar-refractivity contribution in [3.63, 3.8) is 0 Å². The Bertz CT molecular complexity index is 363. The molecule has 2 rings (SSSR count). The van der Waals surface area contributed by atoms with Crippen molar-refractivity contribution >= 4 is 17.5 Å². The van der Waals surface area contributed by atoms with E-state index < -0.39 is 0 Å². The molecule has 1 aliphatic rings. The molecular formula is C9H13N5. The van der Waals surface area contributed by atoms with Crippen molar-refractivity contribution in [3.05, 3.63) is 18.5 Å². The van der Waals surface area contributed by atoms with Gasteiger partial charge in [-0.15, -0.1) is 0 Å².